The Morgan fingerprint density at radius 2 is 1.73 bits per heavy atom. The van der Waals surface area contributed by atoms with Gasteiger partial charge in [-0.25, -0.2) is 9.07 Å². The third kappa shape index (κ3) is 4.42. The Bertz CT molecular complexity index is 1300. The van der Waals surface area contributed by atoms with Gasteiger partial charge in [-0.1, -0.05) is 36.4 Å². The van der Waals surface area contributed by atoms with Crippen LogP contribution in [0, 0.1) is 17.1 Å². The van der Waals surface area contributed by atoms with Crippen molar-refractivity contribution in [1.82, 2.24) is 14.7 Å². The van der Waals surface area contributed by atoms with E-state index >= 15 is 0 Å². The average Bonchev–Trinajstić information content (AvgIpc) is 3.28. The summed E-state index contributed by atoms with van der Waals surface area (Å²) in [4.78, 5) is 2.31. The van der Waals surface area contributed by atoms with E-state index in [-0.39, 0.29) is 5.82 Å². The second-order valence-corrected chi connectivity index (χ2v) is 8.04. The van der Waals surface area contributed by atoms with Gasteiger partial charge in [-0.15, -0.1) is 0 Å². The summed E-state index contributed by atoms with van der Waals surface area (Å²) in [7, 11) is 0. The van der Waals surface area contributed by atoms with Crippen LogP contribution in [0.25, 0.3) is 28.1 Å². The first kappa shape index (κ1) is 21.1. The lowest BCUT2D eigenvalue weighted by Crippen LogP contribution is -2.35. The molecule has 0 spiro atoms. The third-order valence-electron chi connectivity index (χ3n) is 5.91. The fourth-order valence-corrected chi connectivity index (χ4v) is 4.20. The summed E-state index contributed by atoms with van der Waals surface area (Å²) in [5.74, 6) is -0.271. The van der Waals surface area contributed by atoms with Crippen LogP contribution in [0.3, 0.4) is 0 Å². The molecule has 0 aliphatic carbocycles. The fraction of sp³-hybridized carbons (Fsp3) is 0.185. The minimum absolute atomic E-state index is 0.271. The largest absolute Gasteiger partial charge is 0.379 e. The molecule has 1 saturated heterocycles. The van der Waals surface area contributed by atoms with Gasteiger partial charge >= 0.3 is 0 Å². The molecule has 0 N–H and O–H groups in total. The van der Waals surface area contributed by atoms with Crippen molar-refractivity contribution in [3.8, 4) is 34.1 Å². The van der Waals surface area contributed by atoms with Gasteiger partial charge in [0.1, 0.15) is 5.82 Å². The maximum atomic E-state index is 14.9. The van der Waals surface area contributed by atoms with Crippen molar-refractivity contribution in [2.24, 2.45) is 0 Å². The molecule has 5 nitrogen and oxygen atoms in total. The molecule has 6 heteroatoms. The average molecular weight is 439 g/mol. The van der Waals surface area contributed by atoms with Gasteiger partial charge in [0.2, 0.25) is 0 Å². The highest BCUT2D eigenvalue weighted by Gasteiger charge is 2.20. The van der Waals surface area contributed by atoms with Gasteiger partial charge in [0.05, 0.1) is 42.4 Å². The van der Waals surface area contributed by atoms with Crippen LogP contribution in [-0.2, 0) is 11.3 Å². The molecule has 5 rings (SSSR count). The first-order valence-corrected chi connectivity index (χ1v) is 11.0. The molecule has 164 valence electrons. The van der Waals surface area contributed by atoms with E-state index in [1.54, 1.807) is 18.2 Å². The SMILES string of the molecule is N#Cc1cccc(-c2ccc(-n3ncc(CN4CCOCC4)c3-c3ccccc3F)cc2)c1. The van der Waals surface area contributed by atoms with Crippen LogP contribution in [0.1, 0.15) is 11.1 Å². The first-order chi connectivity index (χ1) is 16.2. The molecule has 0 unspecified atom stereocenters. The molecule has 33 heavy (non-hydrogen) atoms. The van der Waals surface area contributed by atoms with E-state index in [4.69, 9.17) is 4.74 Å². The molecule has 4 aromatic rings. The summed E-state index contributed by atoms with van der Waals surface area (Å²) in [5, 5.41) is 13.8. The van der Waals surface area contributed by atoms with E-state index in [0.717, 1.165) is 41.2 Å². The van der Waals surface area contributed by atoms with Gasteiger partial charge < -0.3 is 4.74 Å². The van der Waals surface area contributed by atoms with Gasteiger partial charge in [0.15, 0.2) is 0 Å². The molecule has 3 aromatic carbocycles. The zero-order valence-electron chi connectivity index (χ0n) is 18.1. The highest BCUT2D eigenvalue weighted by molar-refractivity contribution is 5.69. The van der Waals surface area contributed by atoms with E-state index in [1.807, 2.05) is 59.4 Å². The lowest BCUT2D eigenvalue weighted by molar-refractivity contribution is 0.0342. The Hall–Kier alpha value is -3.79. The molecule has 1 fully saturated rings. The van der Waals surface area contributed by atoms with Gasteiger partial charge in [-0.2, -0.15) is 10.4 Å². The third-order valence-corrected chi connectivity index (χ3v) is 5.91. The predicted octanol–water partition coefficient (Wildman–Crippen LogP) is 5.05. The smallest absolute Gasteiger partial charge is 0.132 e. The minimum atomic E-state index is -0.271. The van der Waals surface area contributed by atoms with Gasteiger partial charge in [0, 0.05) is 30.8 Å². The molecular weight excluding hydrogens is 415 g/mol. The number of benzene rings is 3. The monoisotopic (exact) mass is 438 g/mol. The lowest BCUT2D eigenvalue weighted by Gasteiger charge is -2.26. The molecule has 1 aliphatic heterocycles. The number of nitrogens with zero attached hydrogens (tertiary/aromatic N) is 4. The number of halogens is 1. The van der Waals surface area contributed by atoms with Crippen LogP contribution >= 0.6 is 0 Å². The van der Waals surface area contributed by atoms with Gasteiger partial charge in [-0.05, 0) is 47.5 Å². The summed E-state index contributed by atoms with van der Waals surface area (Å²) in [5.41, 5.74) is 5.72. The number of morpholine rings is 1. The second kappa shape index (κ2) is 9.37. The van der Waals surface area contributed by atoms with Crippen molar-refractivity contribution in [2.45, 2.75) is 6.54 Å². The fourth-order valence-electron chi connectivity index (χ4n) is 4.20. The summed E-state index contributed by atoms with van der Waals surface area (Å²) in [6.45, 7) is 3.79. The molecule has 2 heterocycles. The number of hydrogen-bond donors (Lipinski definition) is 0. The molecular formula is C27H23FN4O. The number of hydrogen-bond acceptors (Lipinski definition) is 4. The topological polar surface area (TPSA) is 54.1 Å². The van der Waals surface area contributed by atoms with Gasteiger partial charge in [0.25, 0.3) is 0 Å². The Labute approximate surface area is 192 Å². The number of rotatable bonds is 5. The van der Waals surface area contributed by atoms with Crippen molar-refractivity contribution in [3.05, 3.63) is 95.9 Å². The van der Waals surface area contributed by atoms with Crippen LogP contribution in [-0.4, -0.2) is 41.0 Å². The first-order valence-electron chi connectivity index (χ1n) is 11.0. The molecule has 1 aromatic heterocycles. The predicted molar refractivity (Wildman–Crippen MR) is 125 cm³/mol. The molecule has 0 saturated carbocycles. The van der Waals surface area contributed by atoms with Crippen molar-refractivity contribution in [2.75, 3.05) is 26.3 Å². The minimum Gasteiger partial charge on any atom is -0.379 e. The van der Waals surface area contributed by atoms with E-state index in [0.29, 0.717) is 30.9 Å². The normalized spacial score (nSPS) is 14.2. The lowest BCUT2D eigenvalue weighted by atomic mass is 10.0. The van der Waals surface area contributed by atoms with Crippen LogP contribution in [0.4, 0.5) is 4.39 Å². The summed E-state index contributed by atoms with van der Waals surface area (Å²) in [6.07, 6.45) is 1.83. The van der Waals surface area contributed by atoms with Crippen molar-refractivity contribution >= 4 is 0 Å². The quantitative estimate of drug-likeness (QED) is 0.438. The van der Waals surface area contributed by atoms with E-state index < -0.39 is 0 Å². The number of ether oxygens (including phenoxy) is 1. The number of nitriles is 1. The Kier molecular flexibility index (Phi) is 5.99. The molecule has 0 amide bonds. The standard InChI is InChI=1S/C27H23FN4O/c28-26-7-2-1-6-25(26)27-23(19-31-12-14-33-15-13-31)18-30-32(27)24-10-8-21(9-11-24)22-5-3-4-20(16-22)17-29/h1-11,16,18H,12-15,19H2. The van der Waals surface area contributed by atoms with Crippen molar-refractivity contribution in [3.63, 3.8) is 0 Å². The second-order valence-electron chi connectivity index (χ2n) is 8.04. The Balaban J connectivity index is 1.53. The van der Waals surface area contributed by atoms with E-state index in [9.17, 15) is 9.65 Å². The zero-order valence-corrected chi connectivity index (χ0v) is 18.1. The van der Waals surface area contributed by atoms with Crippen molar-refractivity contribution < 1.29 is 9.13 Å². The molecule has 0 bridgehead atoms. The molecule has 0 atom stereocenters. The Morgan fingerprint density at radius 1 is 0.939 bits per heavy atom. The van der Waals surface area contributed by atoms with E-state index in [2.05, 4.69) is 16.1 Å². The van der Waals surface area contributed by atoms with Crippen molar-refractivity contribution in [1.29, 1.82) is 5.26 Å². The number of aromatic nitrogens is 2. The summed E-state index contributed by atoms with van der Waals surface area (Å²) >= 11 is 0. The van der Waals surface area contributed by atoms with Gasteiger partial charge in [-0.3, -0.25) is 4.90 Å². The summed E-state index contributed by atoms with van der Waals surface area (Å²) in [6, 6.07) is 24.5. The maximum Gasteiger partial charge on any atom is 0.132 e. The van der Waals surface area contributed by atoms with Crippen LogP contribution in [0.15, 0.2) is 79.0 Å². The highest BCUT2D eigenvalue weighted by Crippen LogP contribution is 2.31. The maximum absolute atomic E-state index is 14.9. The Morgan fingerprint density at radius 3 is 2.48 bits per heavy atom. The molecule has 0 radical (unpaired) electrons. The molecule has 1 aliphatic rings. The highest BCUT2D eigenvalue weighted by atomic mass is 19.1. The summed E-state index contributed by atoms with van der Waals surface area (Å²) < 4.78 is 22.1. The van der Waals surface area contributed by atoms with E-state index in [1.165, 1.54) is 6.07 Å². The van der Waals surface area contributed by atoms with Crippen LogP contribution in [0.5, 0.6) is 0 Å². The van der Waals surface area contributed by atoms with Crippen LogP contribution < -0.4 is 0 Å². The zero-order chi connectivity index (χ0) is 22.6. The van der Waals surface area contributed by atoms with Crippen LogP contribution in [0.2, 0.25) is 0 Å².